The van der Waals surface area contributed by atoms with E-state index < -0.39 is 11.9 Å². The van der Waals surface area contributed by atoms with Crippen molar-refractivity contribution in [2.75, 3.05) is 11.1 Å². The quantitative estimate of drug-likeness (QED) is 0.574. The van der Waals surface area contributed by atoms with Crippen LogP contribution in [0.15, 0.2) is 59.8 Å². The minimum atomic E-state index is -0.750. The van der Waals surface area contributed by atoms with Gasteiger partial charge in [-0.3, -0.25) is 9.36 Å². The predicted molar refractivity (Wildman–Crippen MR) is 99.2 cm³/mol. The van der Waals surface area contributed by atoms with E-state index in [2.05, 4.69) is 20.4 Å². The Labute approximate surface area is 153 Å². The van der Waals surface area contributed by atoms with Gasteiger partial charge in [0.2, 0.25) is 5.82 Å². The second kappa shape index (κ2) is 6.52. The summed E-state index contributed by atoms with van der Waals surface area (Å²) in [6.07, 6.45) is 2.85. The van der Waals surface area contributed by atoms with Gasteiger partial charge in [-0.05, 0) is 31.2 Å². The fraction of sp³-hybridized carbons (Fsp3) is 0.111. The SMILES string of the molecule is C[C@H](Nc1ncnc(N)c1F)c1nn2cccc2c(=O)n1-c1ccccc1. The van der Waals surface area contributed by atoms with Gasteiger partial charge >= 0.3 is 0 Å². The van der Waals surface area contributed by atoms with Crippen LogP contribution in [0, 0.1) is 5.82 Å². The fourth-order valence-corrected chi connectivity index (χ4v) is 2.86. The average molecular weight is 365 g/mol. The van der Waals surface area contributed by atoms with E-state index in [9.17, 15) is 9.18 Å². The van der Waals surface area contributed by atoms with E-state index in [1.165, 1.54) is 15.4 Å². The molecule has 0 aliphatic carbocycles. The van der Waals surface area contributed by atoms with E-state index in [0.29, 0.717) is 17.0 Å². The Morgan fingerprint density at radius 1 is 1.15 bits per heavy atom. The number of para-hydroxylation sites is 1. The maximum Gasteiger partial charge on any atom is 0.282 e. The molecule has 0 saturated heterocycles. The molecular weight excluding hydrogens is 349 g/mol. The van der Waals surface area contributed by atoms with Crippen LogP contribution in [-0.2, 0) is 0 Å². The third-order valence-corrected chi connectivity index (χ3v) is 4.16. The van der Waals surface area contributed by atoms with Crippen molar-refractivity contribution < 1.29 is 4.39 Å². The van der Waals surface area contributed by atoms with Gasteiger partial charge in [0.25, 0.3) is 5.56 Å². The van der Waals surface area contributed by atoms with Crippen LogP contribution in [-0.4, -0.2) is 24.1 Å². The summed E-state index contributed by atoms with van der Waals surface area (Å²) in [6.45, 7) is 1.76. The third-order valence-electron chi connectivity index (χ3n) is 4.16. The lowest BCUT2D eigenvalue weighted by Crippen LogP contribution is -2.29. The third kappa shape index (κ3) is 2.88. The lowest BCUT2D eigenvalue weighted by molar-refractivity contribution is 0.612. The molecule has 27 heavy (non-hydrogen) atoms. The topological polar surface area (TPSA) is 103 Å². The standard InChI is InChI=1S/C18H16FN7O/c1-11(23-16-14(19)15(20)21-10-22-16)17-24-25-9-5-8-13(25)18(27)26(17)12-6-3-2-4-7-12/h2-11H,1H3,(H3,20,21,22,23)/t11-/m0/s1. The molecule has 8 nitrogen and oxygen atoms in total. The molecule has 3 N–H and O–H groups in total. The molecule has 1 atom stereocenters. The van der Waals surface area contributed by atoms with Crippen LogP contribution >= 0.6 is 0 Å². The highest BCUT2D eigenvalue weighted by atomic mass is 19.1. The van der Waals surface area contributed by atoms with Crippen LogP contribution in [0.5, 0.6) is 0 Å². The molecule has 0 fully saturated rings. The minimum Gasteiger partial charge on any atom is -0.381 e. The molecule has 3 aromatic heterocycles. The van der Waals surface area contributed by atoms with Gasteiger partial charge in [-0.1, -0.05) is 18.2 Å². The first kappa shape index (κ1) is 16.7. The summed E-state index contributed by atoms with van der Waals surface area (Å²) in [6, 6.07) is 12.0. The molecule has 4 aromatic rings. The lowest BCUT2D eigenvalue weighted by atomic mass is 10.2. The fourth-order valence-electron chi connectivity index (χ4n) is 2.86. The summed E-state index contributed by atoms with van der Waals surface area (Å²) in [5.74, 6) is -0.670. The molecule has 0 radical (unpaired) electrons. The number of aromatic nitrogens is 5. The first-order valence-corrected chi connectivity index (χ1v) is 8.24. The highest BCUT2D eigenvalue weighted by molar-refractivity contribution is 5.49. The summed E-state index contributed by atoms with van der Waals surface area (Å²) in [5, 5.41) is 7.46. The molecule has 0 saturated carbocycles. The zero-order valence-corrected chi connectivity index (χ0v) is 14.4. The smallest absolute Gasteiger partial charge is 0.282 e. The Morgan fingerprint density at radius 3 is 2.70 bits per heavy atom. The number of halogens is 1. The van der Waals surface area contributed by atoms with E-state index in [0.717, 1.165) is 0 Å². The molecule has 0 aliphatic heterocycles. The van der Waals surface area contributed by atoms with Gasteiger partial charge in [-0.2, -0.15) is 9.49 Å². The summed E-state index contributed by atoms with van der Waals surface area (Å²) in [7, 11) is 0. The molecule has 0 bridgehead atoms. The number of rotatable bonds is 4. The van der Waals surface area contributed by atoms with Crippen molar-refractivity contribution in [1.82, 2.24) is 24.1 Å². The highest BCUT2D eigenvalue weighted by Gasteiger charge is 2.20. The van der Waals surface area contributed by atoms with E-state index in [-0.39, 0.29) is 17.2 Å². The Morgan fingerprint density at radius 2 is 1.93 bits per heavy atom. The van der Waals surface area contributed by atoms with Gasteiger partial charge in [0, 0.05) is 6.20 Å². The van der Waals surface area contributed by atoms with Gasteiger partial charge in [0.1, 0.15) is 11.8 Å². The summed E-state index contributed by atoms with van der Waals surface area (Å²) in [5.41, 5.74) is 6.37. The van der Waals surface area contributed by atoms with E-state index in [1.54, 1.807) is 25.3 Å². The van der Waals surface area contributed by atoms with Crippen molar-refractivity contribution in [2.45, 2.75) is 13.0 Å². The second-order valence-corrected chi connectivity index (χ2v) is 5.96. The van der Waals surface area contributed by atoms with Gasteiger partial charge in [-0.25, -0.2) is 14.5 Å². The number of nitrogens with zero attached hydrogens (tertiary/aromatic N) is 5. The Bertz CT molecular complexity index is 1170. The van der Waals surface area contributed by atoms with Crippen LogP contribution in [0.1, 0.15) is 18.8 Å². The van der Waals surface area contributed by atoms with Gasteiger partial charge in [0.05, 0.1) is 11.7 Å². The Hall–Kier alpha value is -3.75. The minimum absolute atomic E-state index is 0.0588. The predicted octanol–water partition coefficient (Wildman–Crippen LogP) is 2.17. The van der Waals surface area contributed by atoms with Crippen molar-refractivity contribution in [3.8, 4) is 5.69 Å². The number of benzene rings is 1. The van der Waals surface area contributed by atoms with Gasteiger partial charge in [0.15, 0.2) is 17.5 Å². The first-order valence-electron chi connectivity index (χ1n) is 8.24. The van der Waals surface area contributed by atoms with Crippen LogP contribution in [0.25, 0.3) is 11.2 Å². The Kier molecular flexibility index (Phi) is 4.03. The number of anilines is 2. The van der Waals surface area contributed by atoms with Crippen LogP contribution in [0.2, 0.25) is 0 Å². The average Bonchev–Trinajstić information content (AvgIpc) is 3.15. The molecule has 0 unspecified atom stereocenters. The largest absolute Gasteiger partial charge is 0.381 e. The van der Waals surface area contributed by atoms with Gasteiger partial charge in [-0.15, -0.1) is 0 Å². The number of nitrogens with two attached hydrogens (primary N) is 1. The molecule has 4 rings (SSSR count). The van der Waals surface area contributed by atoms with Crippen LogP contribution in [0.3, 0.4) is 0 Å². The van der Waals surface area contributed by atoms with Crippen LogP contribution < -0.4 is 16.6 Å². The summed E-state index contributed by atoms with van der Waals surface area (Å²) in [4.78, 5) is 20.5. The summed E-state index contributed by atoms with van der Waals surface area (Å²) < 4.78 is 17.2. The molecule has 0 amide bonds. The van der Waals surface area contributed by atoms with Crippen LogP contribution in [0.4, 0.5) is 16.0 Å². The number of fused-ring (bicyclic) bond motifs is 1. The van der Waals surface area contributed by atoms with E-state index in [4.69, 9.17) is 5.73 Å². The first-order chi connectivity index (χ1) is 13.1. The van der Waals surface area contributed by atoms with E-state index in [1.807, 2.05) is 30.3 Å². The van der Waals surface area contributed by atoms with Crippen molar-refractivity contribution in [3.63, 3.8) is 0 Å². The normalized spacial score (nSPS) is 12.2. The molecular formula is C18H16FN7O. The lowest BCUT2D eigenvalue weighted by Gasteiger charge is -2.19. The van der Waals surface area contributed by atoms with Gasteiger partial charge < -0.3 is 11.1 Å². The zero-order chi connectivity index (χ0) is 19.0. The number of hydrogen-bond acceptors (Lipinski definition) is 6. The molecule has 1 aromatic carbocycles. The second-order valence-electron chi connectivity index (χ2n) is 5.96. The van der Waals surface area contributed by atoms with E-state index >= 15 is 0 Å². The number of nitrogens with one attached hydrogen (secondary N) is 1. The summed E-state index contributed by atoms with van der Waals surface area (Å²) >= 11 is 0. The maximum absolute atomic E-state index is 14.2. The van der Waals surface area contributed by atoms with Crippen molar-refractivity contribution in [3.05, 3.63) is 77.0 Å². The molecule has 136 valence electrons. The maximum atomic E-state index is 14.2. The van der Waals surface area contributed by atoms with Crippen molar-refractivity contribution in [2.24, 2.45) is 0 Å². The monoisotopic (exact) mass is 365 g/mol. The zero-order valence-electron chi connectivity index (χ0n) is 14.4. The Balaban J connectivity index is 1.87. The molecule has 0 spiro atoms. The molecule has 9 heteroatoms. The number of nitrogen functional groups attached to an aromatic ring is 1. The molecule has 0 aliphatic rings. The van der Waals surface area contributed by atoms with Crippen molar-refractivity contribution in [1.29, 1.82) is 0 Å². The number of hydrogen-bond donors (Lipinski definition) is 2. The molecule has 3 heterocycles. The van der Waals surface area contributed by atoms with Crippen molar-refractivity contribution >= 4 is 17.2 Å². The highest BCUT2D eigenvalue weighted by Crippen LogP contribution is 2.22.